The molecular weight excluding hydrogens is 289 g/mol. The lowest BCUT2D eigenvalue weighted by Gasteiger charge is -2.30. The van der Waals surface area contributed by atoms with E-state index in [0.29, 0.717) is 6.54 Å². The summed E-state index contributed by atoms with van der Waals surface area (Å²) in [5.41, 5.74) is -1.00. The van der Waals surface area contributed by atoms with Crippen LogP contribution < -0.4 is 5.32 Å². The smallest absolute Gasteiger partial charge is 0.312 e. The fourth-order valence-electron chi connectivity index (χ4n) is 2.14. The summed E-state index contributed by atoms with van der Waals surface area (Å²) < 4.78 is 39.5. The summed E-state index contributed by atoms with van der Waals surface area (Å²) in [4.78, 5) is 9.30. The molecule has 0 radical (unpaired) electrons. The molecule has 0 saturated carbocycles. The van der Waals surface area contributed by atoms with Gasteiger partial charge in [-0.25, -0.2) is 8.42 Å². The number of hydrogen-bond donors (Lipinski definition) is 1. The third-order valence-electron chi connectivity index (χ3n) is 3.08. The highest BCUT2D eigenvalue weighted by Gasteiger charge is 2.35. The molecule has 9 heteroatoms. The third-order valence-corrected chi connectivity index (χ3v) is 4.98. The fourth-order valence-corrected chi connectivity index (χ4v) is 3.83. The molecule has 1 heterocycles. The topological polar surface area (TPSA) is 92.5 Å². The van der Waals surface area contributed by atoms with Crippen molar-refractivity contribution in [2.45, 2.75) is 17.9 Å². The normalized spacial score (nSPS) is 20.8. The zero-order valence-corrected chi connectivity index (χ0v) is 11.6. The van der Waals surface area contributed by atoms with Crippen LogP contribution >= 0.6 is 0 Å². The quantitative estimate of drug-likeness (QED) is 0.656. The van der Waals surface area contributed by atoms with E-state index in [9.17, 15) is 22.9 Å². The number of sulfonamides is 1. The molecule has 20 heavy (non-hydrogen) atoms. The monoisotopic (exact) mass is 303 g/mol. The van der Waals surface area contributed by atoms with Crippen molar-refractivity contribution in [2.75, 3.05) is 19.6 Å². The van der Waals surface area contributed by atoms with Crippen molar-refractivity contribution < 1.29 is 17.7 Å². The number of piperazine rings is 1. The van der Waals surface area contributed by atoms with E-state index < -0.39 is 31.3 Å². The molecule has 110 valence electrons. The zero-order valence-electron chi connectivity index (χ0n) is 10.7. The van der Waals surface area contributed by atoms with Gasteiger partial charge in [-0.15, -0.1) is 0 Å². The summed E-state index contributed by atoms with van der Waals surface area (Å²) >= 11 is 0. The van der Waals surface area contributed by atoms with Crippen molar-refractivity contribution in [3.05, 3.63) is 34.1 Å². The summed E-state index contributed by atoms with van der Waals surface area (Å²) in [6, 6.07) is 3.02. The molecule has 0 unspecified atom stereocenters. The maximum Gasteiger partial charge on any atom is 0.324 e. The molecule has 1 atom stereocenters. The van der Waals surface area contributed by atoms with Crippen molar-refractivity contribution in [3.8, 4) is 0 Å². The van der Waals surface area contributed by atoms with Gasteiger partial charge in [0.05, 0.1) is 4.92 Å². The van der Waals surface area contributed by atoms with Crippen molar-refractivity contribution >= 4 is 15.7 Å². The minimum Gasteiger partial charge on any atom is -0.312 e. The van der Waals surface area contributed by atoms with Crippen LogP contribution in [0.15, 0.2) is 23.1 Å². The van der Waals surface area contributed by atoms with Crippen molar-refractivity contribution in [1.29, 1.82) is 0 Å². The van der Waals surface area contributed by atoms with E-state index in [1.807, 2.05) is 6.92 Å². The number of halogens is 1. The number of benzene rings is 1. The average molecular weight is 303 g/mol. The molecule has 1 aromatic carbocycles. The second-order valence-electron chi connectivity index (χ2n) is 4.56. The Balaban J connectivity index is 2.49. The van der Waals surface area contributed by atoms with Crippen LogP contribution in [0.5, 0.6) is 0 Å². The van der Waals surface area contributed by atoms with Crippen LogP contribution in [0.1, 0.15) is 6.92 Å². The molecule has 1 aromatic rings. The molecule has 1 aliphatic rings. The Morgan fingerprint density at radius 3 is 2.80 bits per heavy atom. The number of nitrogens with zero attached hydrogens (tertiary/aromatic N) is 2. The molecule has 0 spiro atoms. The molecule has 0 amide bonds. The number of nitro groups is 1. The molecular formula is C11H14FN3O4S. The summed E-state index contributed by atoms with van der Waals surface area (Å²) in [6.45, 7) is 2.64. The van der Waals surface area contributed by atoms with Crippen LogP contribution in [0.4, 0.5) is 10.1 Å². The van der Waals surface area contributed by atoms with Crippen LogP contribution in [0.2, 0.25) is 0 Å². The van der Waals surface area contributed by atoms with Crippen molar-refractivity contribution in [3.63, 3.8) is 0 Å². The van der Waals surface area contributed by atoms with Crippen molar-refractivity contribution in [2.24, 2.45) is 0 Å². The highest BCUT2D eigenvalue weighted by Crippen LogP contribution is 2.29. The molecule has 2 rings (SSSR count). The lowest BCUT2D eigenvalue weighted by atomic mass is 10.3. The number of nitro benzene ring substituents is 1. The number of para-hydroxylation sites is 1. The molecule has 1 fully saturated rings. The maximum atomic E-state index is 13.5. The van der Waals surface area contributed by atoms with E-state index in [1.165, 1.54) is 0 Å². The number of rotatable bonds is 3. The first-order valence-corrected chi connectivity index (χ1v) is 7.44. The summed E-state index contributed by atoms with van der Waals surface area (Å²) in [6.07, 6.45) is 0. The van der Waals surface area contributed by atoms with Crippen LogP contribution in [0, 0.1) is 15.9 Å². The second kappa shape index (κ2) is 5.43. The number of hydrogen-bond acceptors (Lipinski definition) is 5. The minimum absolute atomic E-state index is 0.0638. The molecule has 0 bridgehead atoms. The summed E-state index contributed by atoms with van der Waals surface area (Å²) in [5.74, 6) is -1.15. The van der Waals surface area contributed by atoms with Gasteiger partial charge in [-0.2, -0.15) is 8.70 Å². The summed E-state index contributed by atoms with van der Waals surface area (Å²) in [7, 11) is -4.08. The van der Waals surface area contributed by atoms with Crippen LogP contribution in [0.25, 0.3) is 0 Å². The highest BCUT2D eigenvalue weighted by molar-refractivity contribution is 7.89. The fraction of sp³-hybridized carbons (Fsp3) is 0.455. The van der Waals surface area contributed by atoms with Gasteiger partial charge in [-0.1, -0.05) is 6.07 Å². The standard InChI is InChI=1S/C11H14FN3O4S/c1-8-7-14(6-5-13-8)20(18,19)10-4-2-3-9(12)11(10)15(16)17/h2-4,8,13H,5-7H2,1H3/t8-/m1/s1. The van der Waals surface area contributed by atoms with E-state index in [2.05, 4.69) is 5.32 Å². The van der Waals surface area contributed by atoms with Crippen LogP contribution in [-0.4, -0.2) is 43.3 Å². The second-order valence-corrected chi connectivity index (χ2v) is 6.47. The first kappa shape index (κ1) is 14.8. The van der Waals surface area contributed by atoms with Crippen LogP contribution in [0.3, 0.4) is 0 Å². The van der Waals surface area contributed by atoms with Crippen molar-refractivity contribution in [1.82, 2.24) is 9.62 Å². The SMILES string of the molecule is C[C@@H]1CN(S(=O)(=O)c2cccc(F)c2[N+](=O)[O-])CCN1. The first-order chi connectivity index (χ1) is 9.34. The van der Waals surface area contributed by atoms with Gasteiger partial charge in [0, 0.05) is 25.7 Å². The Morgan fingerprint density at radius 2 is 2.20 bits per heavy atom. The Bertz CT molecular complexity index is 635. The van der Waals surface area contributed by atoms with Gasteiger partial charge >= 0.3 is 5.69 Å². The zero-order chi connectivity index (χ0) is 14.9. The maximum absolute atomic E-state index is 13.5. The minimum atomic E-state index is -4.08. The molecule has 7 nitrogen and oxygen atoms in total. The molecule has 1 N–H and O–H groups in total. The third kappa shape index (κ3) is 2.65. The van der Waals surface area contributed by atoms with Crippen LogP contribution in [-0.2, 0) is 10.0 Å². The van der Waals surface area contributed by atoms with Gasteiger partial charge in [0.25, 0.3) is 0 Å². The van der Waals surface area contributed by atoms with E-state index in [0.717, 1.165) is 22.5 Å². The highest BCUT2D eigenvalue weighted by atomic mass is 32.2. The predicted molar refractivity (Wildman–Crippen MR) is 69.3 cm³/mol. The van der Waals surface area contributed by atoms with E-state index in [1.54, 1.807) is 0 Å². The molecule has 1 saturated heterocycles. The average Bonchev–Trinajstić information content (AvgIpc) is 2.38. The molecule has 1 aliphatic heterocycles. The predicted octanol–water partition coefficient (Wildman–Crippen LogP) is 0.716. The lowest BCUT2D eigenvalue weighted by molar-refractivity contribution is -0.390. The molecule has 0 aromatic heterocycles. The Kier molecular flexibility index (Phi) is 4.02. The Labute approximate surface area is 115 Å². The van der Waals surface area contributed by atoms with E-state index in [-0.39, 0.29) is 19.1 Å². The summed E-state index contributed by atoms with van der Waals surface area (Å²) in [5, 5.41) is 14.0. The number of nitrogens with one attached hydrogen (secondary N) is 1. The van der Waals surface area contributed by atoms with Gasteiger partial charge in [-0.3, -0.25) is 10.1 Å². The van der Waals surface area contributed by atoms with Gasteiger partial charge in [0.1, 0.15) is 0 Å². The molecule has 0 aliphatic carbocycles. The van der Waals surface area contributed by atoms with Gasteiger partial charge in [0.15, 0.2) is 4.90 Å². The first-order valence-electron chi connectivity index (χ1n) is 6.00. The van der Waals surface area contributed by atoms with Gasteiger partial charge < -0.3 is 5.32 Å². The Hall–Kier alpha value is -1.58. The van der Waals surface area contributed by atoms with Gasteiger partial charge in [-0.05, 0) is 19.1 Å². The van der Waals surface area contributed by atoms with Gasteiger partial charge in [0.2, 0.25) is 15.8 Å². The van der Waals surface area contributed by atoms with E-state index in [4.69, 9.17) is 0 Å². The Morgan fingerprint density at radius 1 is 1.50 bits per heavy atom. The largest absolute Gasteiger partial charge is 0.324 e. The lowest BCUT2D eigenvalue weighted by Crippen LogP contribution is -2.51. The van der Waals surface area contributed by atoms with E-state index >= 15 is 0 Å².